The first-order valence-corrected chi connectivity index (χ1v) is 7.41. The zero-order chi connectivity index (χ0) is 15.6. The zero-order valence-electron chi connectivity index (χ0n) is 11.1. The fourth-order valence-electron chi connectivity index (χ4n) is 1.73. The maximum atomic E-state index is 12.3. The van der Waals surface area contributed by atoms with E-state index in [1.807, 2.05) is 6.92 Å². The van der Waals surface area contributed by atoms with Crippen LogP contribution < -0.4 is 10.5 Å². The van der Waals surface area contributed by atoms with E-state index in [1.165, 1.54) is 6.07 Å². The van der Waals surface area contributed by atoms with Crippen LogP contribution in [0.4, 0.5) is 17.1 Å². The quantitative estimate of drug-likeness (QED) is 0.511. The third-order valence-corrected chi connectivity index (χ3v) is 4.18. The second kappa shape index (κ2) is 5.41. The summed E-state index contributed by atoms with van der Waals surface area (Å²) in [6.07, 6.45) is 0. The summed E-state index contributed by atoms with van der Waals surface area (Å²) in [6, 6.07) is 10.0. The summed E-state index contributed by atoms with van der Waals surface area (Å²) < 4.78 is 26.9. The standard InChI is InChI=1S/C13H13N3O4S/c1-9-2-5-11(6-3-9)15-21(19,20)13-8-10(14)4-7-12(13)16(17)18/h2-8,15H,14H2,1H3. The van der Waals surface area contributed by atoms with Gasteiger partial charge < -0.3 is 5.73 Å². The van der Waals surface area contributed by atoms with Crippen molar-refractivity contribution in [2.45, 2.75) is 11.8 Å². The number of nitro groups is 1. The molecule has 0 heterocycles. The molecule has 0 spiro atoms. The van der Waals surface area contributed by atoms with E-state index in [2.05, 4.69) is 4.72 Å². The van der Waals surface area contributed by atoms with Crippen LogP contribution in [0.2, 0.25) is 0 Å². The fourth-order valence-corrected chi connectivity index (χ4v) is 2.99. The lowest BCUT2D eigenvalue weighted by atomic mass is 10.2. The van der Waals surface area contributed by atoms with E-state index < -0.39 is 25.5 Å². The van der Waals surface area contributed by atoms with Crippen LogP contribution in [-0.4, -0.2) is 13.3 Å². The van der Waals surface area contributed by atoms with Crippen molar-refractivity contribution in [2.75, 3.05) is 10.5 Å². The number of sulfonamides is 1. The normalized spacial score (nSPS) is 11.1. The smallest absolute Gasteiger partial charge is 0.290 e. The number of rotatable bonds is 4. The number of aryl methyl sites for hydroxylation is 1. The lowest BCUT2D eigenvalue weighted by Crippen LogP contribution is -2.15. The molecule has 2 aromatic rings. The molecule has 0 fully saturated rings. The van der Waals surface area contributed by atoms with E-state index in [0.29, 0.717) is 5.69 Å². The second-order valence-electron chi connectivity index (χ2n) is 4.46. The highest BCUT2D eigenvalue weighted by Crippen LogP contribution is 2.27. The number of nitrogens with one attached hydrogen (secondary N) is 1. The van der Waals surface area contributed by atoms with Gasteiger partial charge in [-0.15, -0.1) is 0 Å². The topological polar surface area (TPSA) is 115 Å². The van der Waals surface area contributed by atoms with E-state index in [9.17, 15) is 18.5 Å². The summed E-state index contributed by atoms with van der Waals surface area (Å²) in [5.74, 6) is 0. The van der Waals surface area contributed by atoms with E-state index in [0.717, 1.165) is 17.7 Å². The van der Waals surface area contributed by atoms with Crippen LogP contribution in [0.3, 0.4) is 0 Å². The zero-order valence-corrected chi connectivity index (χ0v) is 11.9. The minimum Gasteiger partial charge on any atom is -0.399 e. The first-order valence-electron chi connectivity index (χ1n) is 5.93. The van der Waals surface area contributed by atoms with Crippen molar-refractivity contribution in [1.29, 1.82) is 0 Å². The molecule has 0 saturated heterocycles. The molecule has 0 radical (unpaired) electrons. The first-order chi connectivity index (χ1) is 9.79. The Labute approximate surface area is 121 Å². The Morgan fingerprint density at radius 2 is 1.76 bits per heavy atom. The average molecular weight is 307 g/mol. The van der Waals surface area contributed by atoms with Gasteiger partial charge in [0, 0.05) is 17.4 Å². The lowest BCUT2D eigenvalue weighted by Gasteiger charge is -2.09. The number of nitrogen functional groups attached to an aromatic ring is 1. The Balaban J connectivity index is 2.46. The summed E-state index contributed by atoms with van der Waals surface area (Å²) in [5, 5.41) is 10.9. The third-order valence-electron chi connectivity index (χ3n) is 2.77. The van der Waals surface area contributed by atoms with Crippen LogP contribution in [0.25, 0.3) is 0 Å². The molecular formula is C13H13N3O4S. The molecule has 0 amide bonds. The molecule has 2 aromatic carbocycles. The van der Waals surface area contributed by atoms with Crippen LogP contribution in [0, 0.1) is 17.0 Å². The Kier molecular flexibility index (Phi) is 3.81. The lowest BCUT2D eigenvalue weighted by molar-refractivity contribution is -0.387. The number of nitrogens with two attached hydrogens (primary N) is 1. The van der Waals surface area contributed by atoms with E-state index >= 15 is 0 Å². The number of nitro benzene ring substituents is 1. The summed E-state index contributed by atoms with van der Waals surface area (Å²) >= 11 is 0. The summed E-state index contributed by atoms with van der Waals surface area (Å²) in [5.41, 5.74) is 6.41. The van der Waals surface area contributed by atoms with Crippen molar-refractivity contribution in [3.05, 3.63) is 58.1 Å². The van der Waals surface area contributed by atoms with Gasteiger partial charge in [0.15, 0.2) is 4.90 Å². The molecule has 0 atom stereocenters. The van der Waals surface area contributed by atoms with Crippen molar-refractivity contribution in [3.8, 4) is 0 Å². The highest BCUT2D eigenvalue weighted by atomic mass is 32.2. The Bertz CT molecular complexity index is 786. The van der Waals surface area contributed by atoms with Crippen molar-refractivity contribution >= 4 is 27.1 Å². The molecular weight excluding hydrogens is 294 g/mol. The summed E-state index contributed by atoms with van der Waals surface area (Å²) in [7, 11) is -4.10. The van der Waals surface area contributed by atoms with Crippen molar-refractivity contribution in [3.63, 3.8) is 0 Å². The van der Waals surface area contributed by atoms with E-state index in [-0.39, 0.29) is 5.69 Å². The number of hydrogen-bond donors (Lipinski definition) is 2. The van der Waals surface area contributed by atoms with Crippen LogP contribution in [0.1, 0.15) is 5.56 Å². The highest BCUT2D eigenvalue weighted by Gasteiger charge is 2.26. The molecule has 0 aromatic heterocycles. The summed E-state index contributed by atoms with van der Waals surface area (Å²) in [4.78, 5) is 9.72. The van der Waals surface area contributed by atoms with Crippen LogP contribution >= 0.6 is 0 Å². The predicted octanol–water partition coefficient (Wildman–Crippen LogP) is 2.29. The van der Waals surface area contributed by atoms with E-state index in [4.69, 9.17) is 5.73 Å². The largest absolute Gasteiger partial charge is 0.399 e. The van der Waals surface area contributed by atoms with Gasteiger partial charge in [-0.2, -0.15) is 0 Å². The highest BCUT2D eigenvalue weighted by molar-refractivity contribution is 7.92. The Morgan fingerprint density at radius 3 is 2.33 bits per heavy atom. The molecule has 2 rings (SSSR count). The van der Waals surface area contributed by atoms with Gasteiger partial charge in [0.2, 0.25) is 0 Å². The molecule has 0 saturated carbocycles. The third kappa shape index (κ3) is 3.29. The van der Waals surface area contributed by atoms with Crippen LogP contribution in [-0.2, 0) is 10.0 Å². The van der Waals surface area contributed by atoms with Crippen molar-refractivity contribution in [2.24, 2.45) is 0 Å². The number of benzene rings is 2. The maximum Gasteiger partial charge on any atom is 0.290 e. The van der Waals surface area contributed by atoms with Gasteiger partial charge >= 0.3 is 0 Å². The van der Waals surface area contributed by atoms with Gasteiger partial charge in [-0.05, 0) is 31.2 Å². The minimum atomic E-state index is -4.10. The first kappa shape index (κ1) is 14.8. The number of nitrogens with zero attached hydrogens (tertiary/aromatic N) is 1. The molecule has 3 N–H and O–H groups in total. The monoisotopic (exact) mass is 307 g/mol. The van der Waals surface area contributed by atoms with Gasteiger partial charge in [0.25, 0.3) is 15.7 Å². The van der Waals surface area contributed by atoms with Gasteiger partial charge in [-0.25, -0.2) is 8.42 Å². The molecule has 8 heteroatoms. The molecule has 0 unspecified atom stereocenters. The minimum absolute atomic E-state index is 0.130. The van der Waals surface area contributed by atoms with Gasteiger partial charge in [0.1, 0.15) is 0 Å². The van der Waals surface area contributed by atoms with Crippen molar-refractivity contribution in [1.82, 2.24) is 0 Å². The fraction of sp³-hybridized carbons (Fsp3) is 0.0769. The van der Waals surface area contributed by atoms with E-state index in [1.54, 1.807) is 24.3 Å². The number of anilines is 2. The molecule has 0 bridgehead atoms. The van der Waals surface area contributed by atoms with Gasteiger partial charge in [-0.1, -0.05) is 17.7 Å². The maximum absolute atomic E-state index is 12.3. The van der Waals surface area contributed by atoms with Gasteiger partial charge in [0.05, 0.1) is 4.92 Å². The number of hydrogen-bond acceptors (Lipinski definition) is 5. The Hall–Kier alpha value is -2.61. The Morgan fingerprint density at radius 1 is 1.14 bits per heavy atom. The van der Waals surface area contributed by atoms with Crippen LogP contribution in [0.15, 0.2) is 47.4 Å². The predicted molar refractivity (Wildman–Crippen MR) is 79.5 cm³/mol. The molecule has 0 aliphatic rings. The molecule has 0 aliphatic carbocycles. The SMILES string of the molecule is Cc1ccc(NS(=O)(=O)c2cc(N)ccc2[N+](=O)[O-])cc1. The molecule has 110 valence electrons. The molecule has 0 aliphatic heterocycles. The second-order valence-corrected chi connectivity index (χ2v) is 6.11. The summed E-state index contributed by atoms with van der Waals surface area (Å²) in [6.45, 7) is 1.86. The van der Waals surface area contributed by atoms with Gasteiger partial charge in [-0.3, -0.25) is 14.8 Å². The molecule has 21 heavy (non-hydrogen) atoms. The van der Waals surface area contributed by atoms with Crippen molar-refractivity contribution < 1.29 is 13.3 Å². The average Bonchev–Trinajstić information content (AvgIpc) is 2.41. The van der Waals surface area contributed by atoms with Crippen LogP contribution in [0.5, 0.6) is 0 Å². The molecule has 7 nitrogen and oxygen atoms in total.